The van der Waals surface area contributed by atoms with Gasteiger partial charge in [0.1, 0.15) is 4.88 Å². The Morgan fingerprint density at radius 2 is 2.09 bits per heavy atom. The zero-order valence-corrected chi connectivity index (χ0v) is 14.6. The molecular formula is C16H17ClN2O3S. The van der Waals surface area contributed by atoms with Crippen molar-refractivity contribution < 1.29 is 14.3 Å². The quantitative estimate of drug-likeness (QED) is 0.504. The molecule has 0 saturated heterocycles. The minimum absolute atomic E-state index is 0.306. The van der Waals surface area contributed by atoms with Gasteiger partial charge < -0.3 is 4.74 Å². The Morgan fingerprint density at radius 1 is 1.39 bits per heavy atom. The van der Waals surface area contributed by atoms with Gasteiger partial charge in [0, 0.05) is 15.8 Å². The van der Waals surface area contributed by atoms with Gasteiger partial charge in [-0.05, 0) is 26.8 Å². The van der Waals surface area contributed by atoms with E-state index in [-0.39, 0.29) is 5.97 Å². The summed E-state index contributed by atoms with van der Waals surface area (Å²) in [7, 11) is 0. The third kappa shape index (κ3) is 3.89. The number of esters is 1. The van der Waals surface area contributed by atoms with Crippen molar-refractivity contribution in [3.63, 3.8) is 0 Å². The molecule has 0 aliphatic heterocycles. The molecule has 1 N–H and O–H groups in total. The number of rotatable bonds is 5. The molecule has 0 aliphatic carbocycles. The molecule has 0 spiro atoms. The van der Waals surface area contributed by atoms with E-state index in [9.17, 15) is 9.59 Å². The maximum Gasteiger partial charge on any atom is 0.314 e. The molecule has 1 amide bonds. The first-order valence-electron chi connectivity index (χ1n) is 7.13. The van der Waals surface area contributed by atoms with E-state index in [0.29, 0.717) is 22.2 Å². The first-order chi connectivity index (χ1) is 11.0. The fourth-order valence-electron chi connectivity index (χ4n) is 1.88. The summed E-state index contributed by atoms with van der Waals surface area (Å²) in [6.07, 6.45) is 0. The Balaban J connectivity index is 2.13. The first kappa shape index (κ1) is 17.4. The zero-order valence-electron chi connectivity index (χ0n) is 13.1. The molecule has 2 rings (SSSR count). The summed E-state index contributed by atoms with van der Waals surface area (Å²) in [5, 5.41) is 5.23. The highest BCUT2D eigenvalue weighted by atomic mass is 35.5. The molecule has 0 saturated carbocycles. The molecule has 0 bridgehead atoms. The van der Waals surface area contributed by atoms with Gasteiger partial charge in [-0.1, -0.05) is 29.8 Å². The number of thiophene rings is 1. The van der Waals surface area contributed by atoms with Crippen molar-refractivity contribution in [2.45, 2.75) is 20.8 Å². The molecule has 0 fully saturated rings. The molecule has 2 aromatic rings. The standard InChI is InChI=1S/C16H17ClN2O3S/c1-4-22-16(21)9(2)10(3)18-19-15(20)14-13(17)11-7-5-6-8-12(11)23-14/h5-9H,4H2,1-3H3,(H,19,20)/b18-10-/t9-/m0/s1. The number of carbonyl (C=O) groups excluding carboxylic acids is 2. The Kier molecular flexibility index (Phi) is 5.74. The van der Waals surface area contributed by atoms with Crippen molar-refractivity contribution in [1.82, 2.24) is 5.43 Å². The summed E-state index contributed by atoms with van der Waals surface area (Å²) in [5.74, 6) is -1.29. The maximum absolute atomic E-state index is 12.2. The summed E-state index contributed by atoms with van der Waals surface area (Å²) in [4.78, 5) is 24.3. The second-order valence-electron chi connectivity index (χ2n) is 4.91. The Bertz CT molecular complexity index is 770. The number of fused-ring (bicyclic) bond motifs is 1. The lowest BCUT2D eigenvalue weighted by Gasteiger charge is -2.09. The number of hydrogen-bond acceptors (Lipinski definition) is 5. The van der Waals surface area contributed by atoms with Crippen molar-refractivity contribution in [2.75, 3.05) is 6.61 Å². The van der Waals surface area contributed by atoms with E-state index in [1.807, 2.05) is 24.3 Å². The molecule has 1 atom stereocenters. The maximum atomic E-state index is 12.2. The molecule has 5 nitrogen and oxygen atoms in total. The number of hydrazone groups is 1. The highest BCUT2D eigenvalue weighted by Crippen LogP contribution is 2.34. The van der Waals surface area contributed by atoms with Gasteiger partial charge in [-0.3, -0.25) is 9.59 Å². The SMILES string of the molecule is CCOC(=O)[C@@H](C)/C(C)=N\NC(=O)c1sc2ccccc2c1Cl. The second kappa shape index (κ2) is 7.57. The molecule has 0 aliphatic rings. The van der Waals surface area contributed by atoms with Gasteiger partial charge in [0.2, 0.25) is 0 Å². The molecule has 122 valence electrons. The van der Waals surface area contributed by atoms with Crippen LogP contribution < -0.4 is 5.43 Å². The monoisotopic (exact) mass is 352 g/mol. The van der Waals surface area contributed by atoms with E-state index in [2.05, 4.69) is 10.5 Å². The lowest BCUT2D eigenvalue weighted by molar-refractivity contribution is -0.145. The van der Waals surface area contributed by atoms with E-state index in [1.54, 1.807) is 20.8 Å². The van der Waals surface area contributed by atoms with Crippen LogP contribution in [0.3, 0.4) is 0 Å². The van der Waals surface area contributed by atoms with Gasteiger partial charge in [-0.2, -0.15) is 5.10 Å². The topological polar surface area (TPSA) is 67.8 Å². The number of carbonyl (C=O) groups is 2. The summed E-state index contributed by atoms with van der Waals surface area (Å²) in [6, 6.07) is 7.52. The third-order valence-electron chi connectivity index (χ3n) is 3.34. The lowest BCUT2D eigenvalue weighted by atomic mass is 10.1. The van der Waals surface area contributed by atoms with Crippen LogP contribution in [0.1, 0.15) is 30.4 Å². The van der Waals surface area contributed by atoms with E-state index in [1.165, 1.54) is 11.3 Å². The van der Waals surface area contributed by atoms with Crippen LogP contribution in [0.5, 0.6) is 0 Å². The van der Waals surface area contributed by atoms with Crippen molar-refractivity contribution >= 4 is 50.6 Å². The number of benzene rings is 1. The van der Waals surface area contributed by atoms with Crippen LogP contribution in [0, 0.1) is 5.92 Å². The molecule has 1 aromatic heterocycles. The highest BCUT2D eigenvalue weighted by Gasteiger charge is 2.19. The summed E-state index contributed by atoms with van der Waals surface area (Å²) in [6.45, 7) is 5.38. The van der Waals surface area contributed by atoms with Crippen LogP contribution >= 0.6 is 22.9 Å². The van der Waals surface area contributed by atoms with Crippen LogP contribution in [0.2, 0.25) is 5.02 Å². The summed E-state index contributed by atoms with van der Waals surface area (Å²) >= 11 is 7.55. The lowest BCUT2D eigenvalue weighted by Crippen LogP contribution is -2.25. The summed E-state index contributed by atoms with van der Waals surface area (Å²) in [5.41, 5.74) is 2.91. The van der Waals surface area contributed by atoms with Crippen molar-refractivity contribution in [1.29, 1.82) is 0 Å². The van der Waals surface area contributed by atoms with Gasteiger partial charge in [0.05, 0.1) is 17.5 Å². The van der Waals surface area contributed by atoms with Crippen LogP contribution in [-0.2, 0) is 9.53 Å². The number of amides is 1. The van der Waals surface area contributed by atoms with Crippen LogP contribution in [0.15, 0.2) is 29.4 Å². The highest BCUT2D eigenvalue weighted by molar-refractivity contribution is 7.21. The van der Waals surface area contributed by atoms with Gasteiger partial charge in [0.25, 0.3) is 5.91 Å². The van der Waals surface area contributed by atoms with Gasteiger partial charge in [-0.25, -0.2) is 5.43 Å². The van der Waals surface area contributed by atoms with Gasteiger partial charge in [0.15, 0.2) is 0 Å². The average molecular weight is 353 g/mol. The minimum Gasteiger partial charge on any atom is -0.465 e. The first-order valence-corrected chi connectivity index (χ1v) is 8.33. The zero-order chi connectivity index (χ0) is 17.0. The fraction of sp³-hybridized carbons (Fsp3) is 0.312. The number of hydrogen-bond donors (Lipinski definition) is 1. The second-order valence-corrected chi connectivity index (χ2v) is 6.34. The number of ether oxygens (including phenoxy) is 1. The largest absolute Gasteiger partial charge is 0.465 e. The third-order valence-corrected chi connectivity index (χ3v) is 5.02. The van der Waals surface area contributed by atoms with E-state index < -0.39 is 11.8 Å². The number of nitrogens with zero attached hydrogens (tertiary/aromatic N) is 1. The molecule has 1 aromatic carbocycles. The number of halogens is 1. The smallest absolute Gasteiger partial charge is 0.314 e. The summed E-state index contributed by atoms with van der Waals surface area (Å²) < 4.78 is 5.86. The Labute approximate surface area is 143 Å². The van der Waals surface area contributed by atoms with Crippen LogP contribution in [-0.4, -0.2) is 24.2 Å². The van der Waals surface area contributed by atoms with E-state index >= 15 is 0 Å². The number of nitrogens with one attached hydrogen (secondary N) is 1. The fourth-order valence-corrected chi connectivity index (χ4v) is 3.29. The molecule has 0 unspecified atom stereocenters. The van der Waals surface area contributed by atoms with E-state index in [0.717, 1.165) is 10.1 Å². The van der Waals surface area contributed by atoms with Crippen molar-refractivity contribution in [3.05, 3.63) is 34.2 Å². The van der Waals surface area contributed by atoms with Crippen molar-refractivity contribution in [3.8, 4) is 0 Å². The van der Waals surface area contributed by atoms with Crippen LogP contribution in [0.4, 0.5) is 0 Å². The predicted molar refractivity (Wildman–Crippen MR) is 93.2 cm³/mol. The minimum atomic E-state index is -0.520. The van der Waals surface area contributed by atoms with Gasteiger partial charge in [-0.15, -0.1) is 11.3 Å². The molecule has 23 heavy (non-hydrogen) atoms. The van der Waals surface area contributed by atoms with E-state index in [4.69, 9.17) is 16.3 Å². The Hall–Kier alpha value is -1.92. The molecule has 7 heteroatoms. The van der Waals surface area contributed by atoms with Crippen molar-refractivity contribution in [2.24, 2.45) is 11.0 Å². The molecule has 0 radical (unpaired) electrons. The van der Waals surface area contributed by atoms with Gasteiger partial charge >= 0.3 is 5.97 Å². The predicted octanol–water partition coefficient (Wildman–Crippen LogP) is 3.86. The Morgan fingerprint density at radius 3 is 2.74 bits per heavy atom. The molecular weight excluding hydrogens is 336 g/mol. The van der Waals surface area contributed by atoms with Crippen LogP contribution in [0.25, 0.3) is 10.1 Å². The normalized spacial score (nSPS) is 13.0. The molecule has 1 heterocycles. The average Bonchev–Trinajstić information content (AvgIpc) is 2.89.